The zero-order valence-corrected chi connectivity index (χ0v) is 15.0. The zero-order valence-electron chi connectivity index (χ0n) is 14.3. The van der Waals surface area contributed by atoms with Crippen LogP contribution in [0.4, 0.5) is 5.69 Å². The molecule has 0 aliphatic heterocycles. The van der Waals surface area contributed by atoms with Crippen LogP contribution >= 0.6 is 11.6 Å². The molecular formula is C17H26ClN3O2. The minimum absolute atomic E-state index is 0.0849. The highest BCUT2D eigenvalue weighted by Crippen LogP contribution is 2.23. The third-order valence-corrected chi connectivity index (χ3v) is 3.35. The summed E-state index contributed by atoms with van der Waals surface area (Å²) >= 11 is 6.09. The molecule has 1 aromatic rings. The van der Waals surface area contributed by atoms with Gasteiger partial charge in [0.25, 0.3) is 5.91 Å². The highest BCUT2D eigenvalue weighted by Gasteiger charge is 2.17. The standard InChI is InChI=1S/C17H26ClN3O2/c1-5-19-8-9-20-16(23)13-10-12(6-7-14(13)18)21-15(22)11-17(2,3)4/h6-7,10,19H,5,8-9,11H2,1-4H3,(H,20,23)(H,21,22). The van der Waals surface area contributed by atoms with Crippen LogP contribution in [-0.4, -0.2) is 31.4 Å². The minimum atomic E-state index is -0.250. The van der Waals surface area contributed by atoms with E-state index in [4.69, 9.17) is 11.6 Å². The SMILES string of the molecule is CCNCCNC(=O)c1cc(NC(=O)CC(C)(C)C)ccc1Cl. The van der Waals surface area contributed by atoms with Crippen LogP contribution in [0.25, 0.3) is 0 Å². The topological polar surface area (TPSA) is 70.2 Å². The van der Waals surface area contributed by atoms with Crippen molar-refractivity contribution >= 4 is 29.1 Å². The average molecular weight is 340 g/mol. The van der Waals surface area contributed by atoms with Crippen LogP contribution in [0.2, 0.25) is 5.02 Å². The molecule has 3 N–H and O–H groups in total. The summed E-state index contributed by atoms with van der Waals surface area (Å²) < 4.78 is 0. The molecule has 0 fully saturated rings. The number of hydrogen-bond acceptors (Lipinski definition) is 3. The lowest BCUT2D eigenvalue weighted by Crippen LogP contribution is -2.32. The van der Waals surface area contributed by atoms with Gasteiger partial charge in [-0.2, -0.15) is 0 Å². The third-order valence-electron chi connectivity index (χ3n) is 3.02. The fraction of sp³-hybridized carbons (Fsp3) is 0.529. The molecule has 0 spiro atoms. The Morgan fingerprint density at radius 2 is 1.87 bits per heavy atom. The Morgan fingerprint density at radius 1 is 1.17 bits per heavy atom. The smallest absolute Gasteiger partial charge is 0.252 e. The summed E-state index contributed by atoms with van der Waals surface area (Å²) in [6.45, 7) is 10.1. The second kappa shape index (κ2) is 8.89. The Balaban J connectivity index is 2.71. The van der Waals surface area contributed by atoms with Crippen molar-refractivity contribution in [3.8, 4) is 0 Å². The first-order valence-electron chi connectivity index (χ1n) is 7.81. The first-order valence-corrected chi connectivity index (χ1v) is 8.19. The van der Waals surface area contributed by atoms with E-state index < -0.39 is 0 Å². The number of likely N-dealkylation sites (N-methyl/N-ethyl adjacent to an activating group) is 1. The monoisotopic (exact) mass is 339 g/mol. The Bertz CT molecular complexity index is 553. The first-order chi connectivity index (χ1) is 10.7. The lowest BCUT2D eigenvalue weighted by Gasteiger charge is -2.17. The van der Waals surface area contributed by atoms with Gasteiger partial charge in [-0.25, -0.2) is 0 Å². The summed E-state index contributed by atoms with van der Waals surface area (Å²) in [5.41, 5.74) is 0.834. The van der Waals surface area contributed by atoms with Gasteiger partial charge in [-0.1, -0.05) is 39.3 Å². The number of rotatable bonds is 7. The molecule has 1 aromatic carbocycles. The summed E-state index contributed by atoms with van der Waals surface area (Å²) in [6, 6.07) is 4.91. The van der Waals surface area contributed by atoms with E-state index in [9.17, 15) is 9.59 Å². The molecule has 6 heteroatoms. The van der Waals surface area contributed by atoms with Gasteiger partial charge in [0, 0.05) is 25.2 Å². The second-order valence-corrected chi connectivity index (χ2v) is 7.00. The predicted molar refractivity (Wildman–Crippen MR) is 95.0 cm³/mol. The molecule has 0 saturated carbocycles. The van der Waals surface area contributed by atoms with Crippen molar-refractivity contribution in [3.63, 3.8) is 0 Å². The van der Waals surface area contributed by atoms with Crippen LogP contribution in [-0.2, 0) is 4.79 Å². The van der Waals surface area contributed by atoms with E-state index in [1.807, 2.05) is 27.7 Å². The number of benzene rings is 1. The lowest BCUT2D eigenvalue weighted by atomic mass is 9.92. The van der Waals surface area contributed by atoms with Gasteiger partial charge in [-0.05, 0) is 30.2 Å². The highest BCUT2D eigenvalue weighted by molar-refractivity contribution is 6.34. The third kappa shape index (κ3) is 7.48. The van der Waals surface area contributed by atoms with Gasteiger partial charge in [0.2, 0.25) is 5.91 Å². The van der Waals surface area contributed by atoms with E-state index in [1.165, 1.54) is 0 Å². The lowest BCUT2D eigenvalue weighted by molar-refractivity contribution is -0.117. The van der Waals surface area contributed by atoms with E-state index in [2.05, 4.69) is 16.0 Å². The number of anilines is 1. The fourth-order valence-corrected chi connectivity index (χ4v) is 2.20. The number of hydrogen-bond donors (Lipinski definition) is 3. The minimum Gasteiger partial charge on any atom is -0.351 e. The maximum atomic E-state index is 12.2. The van der Waals surface area contributed by atoms with Crippen LogP contribution in [0.5, 0.6) is 0 Å². The molecule has 0 aliphatic rings. The van der Waals surface area contributed by atoms with Crippen molar-refractivity contribution in [2.24, 2.45) is 5.41 Å². The van der Waals surface area contributed by atoms with Gasteiger partial charge in [0.15, 0.2) is 0 Å². The van der Waals surface area contributed by atoms with Crippen molar-refractivity contribution in [3.05, 3.63) is 28.8 Å². The van der Waals surface area contributed by atoms with Gasteiger partial charge in [-0.3, -0.25) is 9.59 Å². The highest BCUT2D eigenvalue weighted by atomic mass is 35.5. The molecule has 0 aromatic heterocycles. The van der Waals surface area contributed by atoms with Crippen molar-refractivity contribution in [1.82, 2.24) is 10.6 Å². The molecule has 2 amide bonds. The first kappa shape index (κ1) is 19.5. The van der Waals surface area contributed by atoms with Crippen molar-refractivity contribution in [2.45, 2.75) is 34.1 Å². The summed E-state index contributed by atoms with van der Waals surface area (Å²) in [5.74, 6) is -0.335. The number of halogens is 1. The van der Waals surface area contributed by atoms with E-state index >= 15 is 0 Å². The quantitative estimate of drug-likeness (QED) is 0.669. The summed E-state index contributed by atoms with van der Waals surface area (Å²) in [7, 11) is 0. The van der Waals surface area contributed by atoms with Crippen LogP contribution in [0, 0.1) is 5.41 Å². The van der Waals surface area contributed by atoms with E-state index in [1.54, 1.807) is 18.2 Å². The van der Waals surface area contributed by atoms with Gasteiger partial charge in [0.05, 0.1) is 10.6 Å². The van der Waals surface area contributed by atoms with E-state index in [-0.39, 0.29) is 17.2 Å². The molecule has 23 heavy (non-hydrogen) atoms. The maximum Gasteiger partial charge on any atom is 0.252 e. The Kier molecular flexibility index (Phi) is 7.52. The largest absolute Gasteiger partial charge is 0.351 e. The maximum absolute atomic E-state index is 12.2. The molecule has 0 bridgehead atoms. The average Bonchev–Trinajstić information content (AvgIpc) is 2.43. The Hall–Kier alpha value is -1.59. The van der Waals surface area contributed by atoms with Crippen LogP contribution < -0.4 is 16.0 Å². The van der Waals surface area contributed by atoms with Gasteiger partial charge < -0.3 is 16.0 Å². The Labute approximate surface area is 143 Å². The molecule has 0 heterocycles. The van der Waals surface area contributed by atoms with Gasteiger partial charge in [0.1, 0.15) is 0 Å². The predicted octanol–water partition coefficient (Wildman–Crippen LogP) is 3.05. The van der Waals surface area contributed by atoms with Crippen LogP contribution in [0.1, 0.15) is 44.5 Å². The second-order valence-electron chi connectivity index (χ2n) is 6.59. The van der Waals surface area contributed by atoms with E-state index in [0.717, 1.165) is 6.54 Å². The molecule has 0 aliphatic carbocycles. The molecule has 128 valence electrons. The molecule has 0 radical (unpaired) electrons. The number of carbonyl (C=O) groups excluding carboxylic acids is 2. The zero-order chi connectivity index (χ0) is 17.5. The molecule has 0 atom stereocenters. The van der Waals surface area contributed by atoms with Crippen LogP contribution in [0.15, 0.2) is 18.2 Å². The Morgan fingerprint density at radius 3 is 2.48 bits per heavy atom. The normalized spacial score (nSPS) is 11.2. The number of amides is 2. The van der Waals surface area contributed by atoms with Crippen molar-refractivity contribution in [1.29, 1.82) is 0 Å². The molecule has 0 unspecified atom stereocenters. The molecule has 5 nitrogen and oxygen atoms in total. The summed E-state index contributed by atoms with van der Waals surface area (Å²) in [6.07, 6.45) is 0.403. The van der Waals surface area contributed by atoms with Gasteiger partial charge in [-0.15, -0.1) is 0 Å². The molecule has 1 rings (SSSR count). The number of nitrogens with one attached hydrogen (secondary N) is 3. The molecular weight excluding hydrogens is 314 g/mol. The summed E-state index contributed by atoms with van der Waals surface area (Å²) in [5, 5.41) is 9.09. The summed E-state index contributed by atoms with van der Waals surface area (Å²) in [4.78, 5) is 24.1. The van der Waals surface area contributed by atoms with Crippen molar-refractivity contribution in [2.75, 3.05) is 25.0 Å². The van der Waals surface area contributed by atoms with Gasteiger partial charge >= 0.3 is 0 Å². The number of carbonyl (C=O) groups is 2. The fourth-order valence-electron chi connectivity index (χ4n) is 2.00. The van der Waals surface area contributed by atoms with Crippen LogP contribution in [0.3, 0.4) is 0 Å². The molecule has 0 saturated heterocycles. The van der Waals surface area contributed by atoms with E-state index in [0.29, 0.717) is 35.8 Å². The van der Waals surface area contributed by atoms with Crippen molar-refractivity contribution < 1.29 is 9.59 Å².